The second-order valence-electron chi connectivity index (χ2n) is 3.20. The Morgan fingerprint density at radius 1 is 1.35 bits per heavy atom. The van der Waals surface area contributed by atoms with Gasteiger partial charge in [0.15, 0.2) is 11.6 Å². The van der Waals surface area contributed by atoms with Crippen molar-refractivity contribution in [1.29, 1.82) is 0 Å². The first-order valence-corrected chi connectivity index (χ1v) is 5.21. The maximum Gasteiger partial charge on any atom is 0.338 e. The Hall–Kier alpha value is -1.76. The number of aromatic carboxylic acids is 1. The molecule has 0 amide bonds. The lowest BCUT2D eigenvalue weighted by Gasteiger charge is -2.05. The molecule has 7 heteroatoms. The van der Waals surface area contributed by atoms with Gasteiger partial charge in [-0.25, -0.2) is 18.3 Å². The van der Waals surface area contributed by atoms with E-state index < -0.39 is 23.3 Å². The molecule has 0 spiro atoms. The van der Waals surface area contributed by atoms with Gasteiger partial charge in [0.05, 0.1) is 11.8 Å². The van der Waals surface area contributed by atoms with Crippen molar-refractivity contribution in [3.8, 4) is 5.69 Å². The van der Waals surface area contributed by atoms with Crippen LogP contribution in [-0.4, -0.2) is 20.9 Å². The SMILES string of the molecule is O=C(O)c1cnn(-c2c(F)cc(Br)cc2F)c1. The molecule has 1 aromatic heterocycles. The molecule has 0 bridgehead atoms. The van der Waals surface area contributed by atoms with Gasteiger partial charge in [0.25, 0.3) is 0 Å². The smallest absolute Gasteiger partial charge is 0.338 e. The zero-order valence-electron chi connectivity index (χ0n) is 8.19. The summed E-state index contributed by atoms with van der Waals surface area (Å²) >= 11 is 2.94. The van der Waals surface area contributed by atoms with Gasteiger partial charge in [-0.05, 0) is 12.1 Å². The van der Waals surface area contributed by atoms with Crippen LogP contribution in [0.3, 0.4) is 0 Å². The molecule has 1 N–H and O–H groups in total. The number of benzene rings is 1. The van der Waals surface area contributed by atoms with Crippen molar-refractivity contribution in [3.63, 3.8) is 0 Å². The number of rotatable bonds is 2. The zero-order chi connectivity index (χ0) is 12.6. The van der Waals surface area contributed by atoms with E-state index in [-0.39, 0.29) is 10.0 Å². The van der Waals surface area contributed by atoms with Crippen LogP contribution in [0.1, 0.15) is 10.4 Å². The Labute approximate surface area is 103 Å². The van der Waals surface area contributed by atoms with Crippen molar-refractivity contribution < 1.29 is 18.7 Å². The highest BCUT2D eigenvalue weighted by molar-refractivity contribution is 9.10. The second kappa shape index (κ2) is 4.25. The quantitative estimate of drug-likeness (QED) is 0.928. The molecule has 0 saturated heterocycles. The molecule has 0 fully saturated rings. The molecule has 4 nitrogen and oxygen atoms in total. The third-order valence-electron chi connectivity index (χ3n) is 2.04. The molecule has 1 aromatic carbocycles. The number of halogens is 3. The first-order chi connectivity index (χ1) is 7.99. The normalized spacial score (nSPS) is 10.5. The summed E-state index contributed by atoms with van der Waals surface area (Å²) in [5, 5.41) is 12.3. The van der Waals surface area contributed by atoms with Crippen LogP contribution in [0.2, 0.25) is 0 Å². The highest BCUT2D eigenvalue weighted by atomic mass is 79.9. The van der Waals surface area contributed by atoms with Gasteiger partial charge in [-0.2, -0.15) is 5.10 Å². The van der Waals surface area contributed by atoms with Gasteiger partial charge < -0.3 is 5.11 Å². The first-order valence-electron chi connectivity index (χ1n) is 4.42. The zero-order valence-corrected chi connectivity index (χ0v) is 9.78. The van der Waals surface area contributed by atoms with Crippen LogP contribution in [0.25, 0.3) is 5.69 Å². The Balaban J connectivity index is 2.56. The number of carboxylic acid groups (broad SMARTS) is 1. The van der Waals surface area contributed by atoms with Gasteiger partial charge in [0.2, 0.25) is 0 Å². The summed E-state index contributed by atoms with van der Waals surface area (Å²) in [5.74, 6) is -2.89. The third-order valence-corrected chi connectivity index (χ3v) is 2.50. The first kappa shape index (κ1) is 11.7. The molecule has 0 aliphatic heterocycles. The molecule has 0 saturated carbocycles. The molecule has 0 radical (unpaired) electrons. The van der Waals surface area contributed by atoms with E-state index in [1.807, 2.05) is 0 Å². The van der Waals surface area contributed by atoms with Crippen molar-refractivity contribution in [2.24, 2.45) is 0 Å². The molecule has 2 rings (SSSR count). The fourth-order valence-corrected chi connectivity index (χ4v) is 1.71. The summed E-state index contributed by atoms with van der Waals surface area (Å²) in [7, 11) is 0. The predicted octanol–water partition coefficient (Wildman–Crippen LogP) is 2.61. The number of carboxylic acids is 1. The van der Waals surface area contributed by atoms with Crippen LogP contribution in [-0.2, 0) is 0 Å². The number of carbonyl (C=O) groups is 1. The van der Waals surface area contributed by atoms with Crippen LogP contribution in [0.15, 0.2) is 29.0 Å². The van der Waals surface area contributed by atoms with Gasteiger partial charge in [-0.15, -0.1) is 0 Å². The van der Waals surface area contributed by atoms with Crippen LogP contribution < -0.4 is 0 Å². The Morgan fingerprint density at radius 3 is 2.41 bits per heavy atom. The van der Waals surface area contributed by atoms with Crippen molar-refractivity contribution in [2.75, 3.05) is 0 Å². The topological polar surface area (TPSA) is 55.1 Å². The van der Waals surface area contributed by atoms with E-state index in [0.29, 0.717) is 0 Å². The highest BCUT2D eigenvalue weighted by Gasteiger charge is 2.15. The van der Waals surface area contributed by atoms with E-state index >= 15 is 0 Å². The minimum Gasteiger partial charge on any atom is -0.478 e. The summed E-state index contributed by atoms with van der Waals surface area (Å²) in [6, 6.07) is 2.14. The van der Waals surface area contributed by atoms with Crippen LogP contribution >= 0.6 is 15.9 Å². The monoisotopic (exact) mass is 302 g/mol. The summed E-state index contributed by atoms with van der Waals surface area (Å²) < 4.78 is 28.2. The molecule has 0 unspecified atom stereocenters. The number of nitrogens with zero attached hydrogens (tertiary/aromatic N) is 2. The average molecular weight is 303 g/mol. The van der Waals surface area contributed by atoms with Crippen molar-refractivity contribution in [2.45, 2.75) is 0 Å². The average Bonchev–Trinajstić information content (AvgIpc) is 2.65. The molecule has 0 aliphatic carbocycles. The molecule has 0 atom stereocenters. The molecular weight excluding hydrogens is 298 g/mol. The summed E-state index contributed by atoms with van der Waals surface area (Å²) in [5.41, 5.74) is -0.563. The van der Waals surface area contributed by atoms with Crippen molar-refractivity contribution >= 4 is 21.9 Å². The fraction of sp³-hybridized carbons (Fsp3) is 0. The lowest BCUT2D eigenvalue weighted by Crippen LogP contribution is -2.02. The van der Waals surface area contributed by atoms with Crippen molar-refractivity contribution in [1.82, 2.24) is 9.78 Å². The molecular formula is C10H5BrF2N2O2. The third kappa shape index (κ3) is 2.19. The van der Waals surface area contributed by atoms with Gasteiger partial charge >= 0.3 is 5.97 Å². The minimum atomic E-state index is -1.21. The van der Waals surface area contributed by atoms with Gasteiger partial charge in [-0.1, -0.05) is 15.9 Å². The lowest BCUT2D eigenvalue weighted by atomic mass is 10.3. The maximum atomic E-state index is 13.5. The van der Waals surface area contributed by atoms with Gasteiger partial charge in [0.1, 0.15) is 5.69 Å². The largest absolute Gasteiger partial charge is 0.478 e. The number of hydrogen-bond donors (Lipinski definition) is 1. The Kier molecular flexibility index (Phi) is 2.93. The summed E-state index contributed by atoms with van der Waals surface area (Å²) in [6.45, 7) is 0. The van der Waals surface area contributed by atoms with E-state index in [1.54, 1.807) is 0 Å². The Bertz CT molecular complexity index is 575. The fourth-order valence-electron chi connectivity index (χ4n) is 1.31. The molecule has 0 aliphatic rings. The van der Waals surface area contributed by atoms with Gasteiger partial charge in [-0.3, -0.25) is 0 Å². The lowest BCUT2D eigenvalue weighted by molar-refractivity contribution is 0.0697. The second-order valence-corrected chi connectivity index (χ2v) is 4.11. The molecule has 88 valence electrons. The van der Waals surface area contributed by atoms with Crippen LogP contribution in [0, 0.1) is 11.6 Å². The van der Waals surface area contributed by atoms with Crippen LogP contribution in [0.4, 0.5) is 8.78 Å². The Morgan fingerprint density at radius 2 is 1.94 bits per heavy atom. The molecule has 17 heavy (non-hydrogen) atoms. The molecule has 1 heterocycles. The van der Waals surface area contributed by atoms with E-state index in [9.17, 15) is 13.6 Å². The summed E-state index contributed by atoms with van der Waals surface area (Å²) in [6.07, 6.45) is 2.06. The maximum absolute atomic E-state index is 13.5. The van der Waals surface area contributed by atoms with E-state index in [2.05, 4.69) is 21.0 Å². The molecule has 2 aromatic rings. The minimum absolute atomic E-state index is 0.147. The summed E-state index contributed by atoms with van der Waals surface area (Å²) in [4.78, 5) is 10.6. The van der Waals surface area contributed by atoms with Gasteiger partial charge in [0, 0.05) is 10.7 Å². The van der Waals surface area contributed by atoms with E-state index in [4.69, 9.17) is 5.11 Å². The standard InChI is InChI=1S/C10H5BrF2N2O2/c11-6-1-7(12)9(8(13)2-6)15-4-5(3-14-15)10(16)17/h1-4H,(H,16,17). The highest BCUT2D eigenvalue weighted by Crippen LogP contribution is 2.22. The van der Waals surface area contributed by atoms with Crippen LogP contribution in [0.5, 0.6) is 0 Å². The van der Waals surface area contributed by atoms with Crippen molar-refractivity contribution in [3.05, 3.63) is 46.2 Å². The predicted molar refractivity (Wildman–Crippen MR) is 58.1 cm³/mol. The van der Waals surface area contributed by atoms with E-state index in [0.717, 1.165) is 29.2 Å². The number of aromatic nitrogens is 2. The number of hydrogen-bond acceptors (Lipinski definition) is 2. The van der Waals surface area contributed by atoms with E-state index in [1.165, 1.54) is 0 Å².